The van der Waals surface area contributed by atoms with Crippen LogP contribution in [0.4, 0.5) is 0 Å². The van der Waals surface area contributed by atoms with Gasteiger partial charge in [0, 0.05) is 13.3 Å². The van der Waals surface area contributed by atoms with Crippen molar-refractivity contribution in [3.05, 3.63) is 0 Å². The van der Waals surface area contributed by atoms with Crippen LogP contribution in [-0.2, 0) is 9.09 Å². The van der Waals surface area contributed by atoms with Crippen molar-refractivity contribution in [3.63, 3.8) is 0 Å². The highest BCUT2D eigenvalue weighted by atomic mass is 31.2. The lowest BCUT2D eigenvalue weighted by Crippen LogP contribution is -2.16. The van der Waals surface area contributed by atoms with Crippen molar-refractivity contribution >= 4 is 7.60 Å². The van der Waals surface area contributed by atoms with Crippen LogP contribution in [0.3, 0.4) is 0 Å². The van der Waals surface area contributed by atoms with Crippen LogP contribution in [0.1, 0.15) is 39.0 Å². The molecule has 0 aliphatic heterocycles. The Morgan fingerprint density at radius 1 is 1.20 bits per heavy atom. The van der Waals surface area contributed by atoms with Gasteiger partial charge in [-0.05, 0) is 32.4 Å². The topological polar surface area (TPSA) is 58.6 Å². The third-order valence-corrected chi connectivity index (χ3v) is 3.74. The number of rotatable bonds is 10. The molecule has 15 heavy (non-hydrogen) atoms. The fourth-order valence-corrected chi connectivity index (χ4v) is 2.06. The van der Waals surface area contributed by atoms with E-state index in [1.807, 2.05) is 0 Å². The summed E-state index contributed by atoms with van der Waals surface area (Å²) in [5.74, 6) is 0. The van der Waals surface area contributed by atoms with E-state index in [0.717, 1.165) is 32.4 Å². The van der Waals surface area contributed by atoms with E-state index in [-0.39, 0.29) is 6.16 Å². The molecule has 0 bridgehead atoms. The average molecular weight is 237 g/mol. The van der Waals surface area contributed by atoms with Crippen molar-refractivity contribution in [1.82, 2.24) is 5.32 Å². The predicted octanol–water partition coefficient (Wildman–Crippen LogP) is 2.38. The molecule has 92 valence electrons. The molecule has 0 aromatic carbocycles. The molecule has 0 spiro atoms. The zero-order valence-electron chi connectivity index (χ0n) is 9.87. The van der Waals surface area contributed by atoms with Gasteiger partial charge in [-0.3, -0.25) is 4.57 Å². The van der Waals surface area contributed by atoms with E-state index >= 15 is 0 Å². The molecule has 0 amide bonds. The van der Waals surface area contributed by atoms with Gasteiger partial charge in [-0.2, -0.15) is 0 Å². The van der Waals surface area contributed by atoms with Gasteiger partial charge in [0.25, 0.3) is 0 Å². The number of hydrogen-bond acceptors (Lipinski definition) is 3. The third kappa shape index (κ3) is 10.4. The Morgan fingerprint density at radius 2 is 1.87 bits per heavy atom. The van der Waals surface area contributed by atoms with E-state index in [9.17, 15) is 4.57 Å². The summed E-state index contributed by atoms with van der Waals surface area (Å²) in [5, 5.41) is 3.34. The van der Waals surface area contributed by atoms with E-state index in [1.54, 1.807) is 0 Å². The number of nitrogens with one attached hydrogen (secondary N) is 1. The zero-order chi connectivity index (χ0) is 11.6. The van der Waals surface area contributed by atoms with Crippen molar-refractivity contribution in [2.24, 2.45) is 0 Å². The van der Waals surface area contributed by atoms with Gasteiger partial charge in [0.2, 0.25) is 0 Å². The Morgan fingerprint density at radius 3 is 2.47 bits per heavy atom. The summed E-state index contributed by atoms with van der Waals surface area (Å²) in [6.45, 7) is 4.25. The summed E-state index contributed by atoms with van der Waals surface area (Å²) in [5.41, 5.74) is 0. The second-order valence-electron chi connectivity index (χ2n) is 3.71. The first-order valence-corrected chi connectivity index (χ1v) is 7.47. The fraction of sp³-hybridized carbons (Fsp3) is 1.00. The number of hydrogen-bond donors (Lipinski definition) is 2. The van der Waals surface area contributed by atoms with E-state index < -0.39 is 7.60 Å². The Kier molecular flexibility index (Phi) is 9.41. The summed E-state index contributed by atoms with van der Waals surface area (Å²) in [6, 6.07) is 0. The Labute approximate surface area is 92.9 Å². The van der Waals surface area contributed by atoms with Crippen molar-refractivity contribution in [1.29, 1.82) is 0 Å². The minimum Gasteiger partial charge on any atom is -0.324 e. The largest absolute Gasteiger partial charge is 0.327 e. The second kappa shape index (κ2) is 9.34. The smallest absolute Gasteiger partial charge is 0.324 e. The Balaban J connectivity index is 3.15. The minimum absolute atomic E-state index is 0.276. The van der Waals surface area contributed by atoms with Crippen LogP contribution < -0.4 is 5.32 Å². The lowest BCUT2D eigenvalue weighted by Gasteiger charge is -2.08. The molecular formula is C10H24NO3P. The predicted molar refractivity (Wildman–Crippen MR) is 63.3 cm³/mol. The monoisotopic (exact) mass is 237 g/mol. The van der Waals surface area contributed by atoms with Crippen LogP contribution in [-0.4, -0.2) is 31.3 Å². The van der Waals surface area contributed by atoms with E-state index in [4.69, 9.17) is 4.89 Å². The van der Waals surface area contributed by atoms with Gasteiger partial charge in [0.1, 0.15) is 0 Å². The summed E-state index contributed by atoms with van der Waals surface area (Å²) in [6.07, 6.45) is 5.51. The van der Waals surface area contributed by atoms with Crippen LogP contribution in [0.2, 0.25) is 0 Å². The molecule has 2 N–H and O–H groups in total. The molecule has 1 unspecified atom stereocenters. The van der Waals surface area contributed by atoms with E-state index in [0.29, 0.717) is 0 Å². The van der Waals surface area contributed by atoms with Gasteiger partial charge in [-0.15, -0.1) is 0 Å². The average Bonchev–Trinajstić information content (AvgIpc) is 2.22. The van der Waals surface area contributed by atoms with Crippen LogP contribution in [0, 0.1) is 0 Å². The summed E-state index contributed by atoms with van der Waals surface area (Å²) in [7, 11) is -1.98. The Bertz CT molecular complexity index is 188. The molecule has 0 saturated carbocycles. The van der Waals surface area contributed by atoms with Gasteiger partial charge in [0.15, 0.2) is 0 Å². The molecule has 0 rings (SSSR count). The van der Waals surface area contributed by atoms with Crippen molar-refractivity contribution in [3.8, 4) is 0 Å². The highest BCUT2D eigenvalue weighted by molar-refractivity contribution is 7.52. The molecule has 0 heterocycles. The molecule has 1 atom stereocenters. The van der Waals surface area contributed by atoms with Gasteiger partial charge in [-0.1, -0.05) is 19.8 Å². The van der Waals surface area contributed by atoms with E-state index in [2.05, 4.69) is 16.8 Å². The van der Waals surface area contributed by atoms with Crippen molar-refractivity contribution in [2.75, 3.05) is 26.4 Å². The van der Waals surface area contributed by atoms with Gasteiger partial charge in [-0.25, -0.2) is 0 Å². The molecule has 0 radical (unpaired) electrons. The molecule has 0 fully saturated rings. The highest BCUT2D eigenvalue weighted by Gasteiger charge is 2.15. The molecule has 0 aromatic rings. The lowest BCUT2D eigenvalue weighted by molar-refractivity contribution is 0.314. The molecule has 0 aromatic heterocycles. The van der Waals surface area contributed by atoms with E-state index in [1.165, 1.54) is 20.0 Å². The van der Waals surface area contributed by atoms with Gasteiger partial charge < -0.3 is 14.7 Å². The maximum Gasteiger partial charge on any atom is 0.327 e. The highest BCUT2D eigenvalue weighted by Crippen LogP contribution is 2.41. The van der Waals surface area contributed by atoms with Crippen molar-refractivity contribution in [2.45, 2.75) is 39.0 Å². The Hall–Kier alpha value is 0.110. The van der Waals surface area contributed by atoms with Crippen molar-refractivity contribution < 1.29 is 14.0 Å². The van der Waals surface area contributed by atoms with Crippen LogP contribution in [0.15, 0.2) is 0 Å². The first-order valence-electron chi connectivity index (χ1n) is 5.70. The molecule has 5 heteroatoms. The van der Waals surface area contributed by atoms with Crippen LogP contribution in [0.5, 0.6) is 0 Å². The van der Waals surface area contributed by atoms with Crippen LogP contribution in [0.25, 0.3) is 0 Å². The molecule has 0 saturated heterocycles. The minimum atomic E-state index is -3.26. The standard InChI is InChI=1S/C10H24NO3P/c1-3-4-8-11-9-6-5-7-10-15(12,13)14-2/h11H,3-10H2,1-2H3,(H,12,13). The second-order valence-corrected chi connectivity index (χ2v) is 5.80. The quantitative estimate of drug-likeness (QED) is 0.452. The normalized spacial score (nSPS) is 15.1. The van der Waals surface area contributed by atoms with Crippen LogP contribution >= 0.6 is 7.60 Å². The first-order chi connectivity index (χ1) is 7.12. The SMILES string of the molecule is CCCCNCCCCCP(=O)(O)OC. The third-order valence-electron chi connectivity index (χ3n) is 2.29. The molecular weight excluding hydrogens is 213 g/mol. The summed E-state index contributed by atoms with van der Waals surface area (Å²) in [4.78, 5) is 9.11. The van der Waals surface area contributed by atoms with Gasteiger partial charge in [0.05, 0.1) is 0 Å². The maximum atomic E-state index is 11.1. The maximum absolute atomic E-state index is 11.1. The number of unbranched alkanes of at least 4 members (excludes halogenated alkanes) is 3. The molecule has 0 aliphatic rings. The molecule has 4 nitrogen and oxygen atoms in total. The first kappa shape index (κ1) is 15.1. The summed E-state index contributed by atoms with van der Waals surface area (Å²) < 4.78 is 15.6. The molecule has 0 aliphatic carbocycles. The summed E-state index contributed by atoms with van der Waals surface area (Å²) >= 11 is 0. The lowest BCUT2D eigenvalue weighted by atomic mass is 10.2. The van der Waals surface area contributed by atoms with Gasteiger partial charge >= 0.3 is 7.60 Å². The fourth-order valence-electron chi connectivity index (χ4n) is 1.26. The zero-order valence-corrected chi connectivity index (χ0v) is 10.8.